The number of carbonyl (C=O) groups excluding carboxylic acids is 1. The Hall–Kier alpha value is -1.03. The molecular formula is C20H35ClN2O2. The highest BCUT2D eigenvalue weighted by Crippen LogP contribution is 2.16. The van der Waals surface area contributed by atoms with Crippen molar-refractivity contribution in [3.63, 3.8) is 0 Å². The second-order valence-corrected chi connectivity index (χ2v) is 7.48. The Labute approximate surface area is 158 Å². The van der Waals surface area contributed by atoms with Crippen molar-refractivity contribution in [2.45, 2.75) is 103 Å². The molecule has 1 N–H and O–H groups in total. The molecule has 1 aromatic heterocycles. The Balaban J connectivity index is 1.91. The predicted molar refractivity (Wildman–Crippen MR) is 105 cm³/mol. The van der Waals surface area contributed by atoms with Crippen LogP contribution in [0.25, 0.3) is 0 Å². The monoisotopic (exact) mass is 370 g/mol. The Morgan fingerprint density at radius 3 is 2.04 bits per heavy atom. The maximum Gasteiger partial charge on any atom is 0.243 e. The maximum absolute atomic E-state index is 11.9. The molecule has 5 heteroatoms. The van der Waals surface area contributed by atoms with Gasteiger partial charge in [0.05, 0.1) is 0 Å². The van der Waals surface area contributed by atoms with Crippen LogP contribution in [0.2, 0.25) is 0 Å². The van der Waals surface area contributed by atoms with Gasteiger partial charge in [-0.05, 0) is 13.3 Å². The lowest BCUT2D eigenvalue weighted by molar-refractivity contribution is -0.116. The number of hydrogen-bond acceptors (Lipinski definition) is 3. The molecule has 1 amide bonds. The highest BCUT2D eigenvalue weighted by atomic mass is 35.5. The van der Waals surface area contributed by atoms with Gasteiger partial charge in [-0.1, -0.05) is 89.1 Å². The Bertz CT molecular complexity index is 462. The number of hydrogen-bond donors (Lipinski definition) is 1. The van der Waals surface area contributed by atoms with Gasteiger partial charge in [0.2, 0.25) is 5.91 Å². The standard InChI is InChI=1S/C20H35ClN2O2/c1-3-4-5-6-7-8-9-10-11-12-13-14-15-18(21)20(24)22-19-16-17(2)25-23-19/h16,18H,3-15H2,1-2H3,(H,22,23,24). The number of nitrogens with zero attached hydrogens (tertiary/aromatic N) is 1. The fourth-order valence-electron chi connectivity index (χ4n) is 2.93. The van der Waals surface area contributed by atoms with Crippen molar-refractivity contribution in [3.05, 3.63) is 11.8 Å². The molecule has 25 heavy (non-hydrogen) atoms. The molecule has 4 nitrogen and oxygen atoms in total. The Kier molecular flexibility index (Phi) is 12.5. The molecule has 0 aliphatic heterocycles. The van der Waals surface area contributed by atoms with Gasteiger partial charge in [0.15, 0.2) is 5.82 Å². The van der Waals surface area contributed by atoms with Gasteiger partial charge in [-0.15, -0.1) is 11.6 Å². The number of alkyl halides is 1. The van der Waals surface area contributed by atoms with Crippen LogP contribution in [0.4, 0.5) is 5.82 Å². The minimum atomic E-state index is -0.500. The van der Waals surface area contributed by atoms with Crippen LogP contribution < -0.4 is 5.32 Å². The van der Waals surface area contributed by atoms with Crippen molar-refractivity contribution >= 4 is 23.3 Å². The zero-order valence-corrected chi connectivity index (χ0v) is 16.7. The zero-order valence-electron chi connectivity index (χ0n) is 16.0. The van der Waals surface area contributed by atoms with Crippen LogP contribution in [0.15, 0.2) is 10.6 Å². The molecule has 0 spiro atoms. The van der Waals surface area contributed by atoms with Crippen LogP contribution in [0.5, 0.6) is 0 Å². The normalized spacial score (nSPS) is 12.3. The quantitative estimate of drug-likeness (QED) is 0.279. The number of unbranched alkanes of at least 4 members (excludes halogenated alkanes) is 11. The SMILES string of the molecule is CCCCCCCCCCCCCCC(Cl)C(=O)Nc1cc(C)on1. The fourth-order valence-corrected chi connectivity index (χ4v) is 3.13. The van der Waals surface area contributed by atoms with Gasteiger partial charge < -0.3 is 9.84 Å². The summed E-state index contributed by atoms with van der Waals surface area (Å²) in [4.78, 5) is 11.9. The third kappa shape index (κ3) is 11.2. The summed E-state index contributed by atoms with van der Waals surface area (Å²) in [7, 11) is 0. The Morgan fingerprint density at radius 2 is 1.56 bits per heavy atom. The molecule has 1 atom stereocenters. The van der Waals surface area contributed by atoms with E-state index in [0.29, 0.717) is 18.0 Å². The van der Waals surface area contributed by atoms with Crippen molar-refractivity contribution in [3.8, 4) is 0 Å². The molecule has 1 rings (SSSR count). The summed E-state index contributed by atoms with van der Waals surface area (Å²) in [6, 6.07) is 1.69. The molecule has 0 fully saturated rings. The molecule has 1 heterocycles. The van der Waals surface area contributed by atoms with Gasteiger partial charge >= 0.3 is 0 Å². The minimum absolute atomic E-state index is 0.196. The van der Waals surface area contributed by atoms with Crippen molar-refractivity contribution in [2.75, 3.05) is 5.32 Å². The number of aryl methyl sites for hydroxylation is 1. The number of halogens is 1. The van der Waals surface area contributed by atoms with Gasteiger partial charge in [0.1, 0.15) is 11.1 Å². The lowest BCUT2D eigenvalue weighted by Crippen LogP contribution is -2.23. The number of rotatable bonds is 15. The van der Waals surface area contributed by atoms with Crippen LogP contribution in [-0.4, -0.2) is 16.4 Å². The van der Waals surface area contributed by atoms with E-state index in [1.165, 1.54) is 64.2 Å². The van der Waals surface area contributed by atoms with Crippen LogP contribution >= 0.6 is 11.6 Å². The maximum atomic E-state index is 11.9. The molecule has 0 aromatic carbocycles. The molecule has 0 saturated carbocycles. The third-order valence-electron chi connectivity index (χ3n) is 4.47. The fraction of sp³-hybridized carbons (Fsp3) is 0.800. The van der Waals surface area contributed by atoms with E-state index < -0.39 is 5.38 Å². The first kappa shape index (κ1) is 22.0. The van der Waals surface area contributed by atoms with Crippen molar-refractivity contribution in [2.24, 2.45) is 0 Å². The molecule has 144 valence electrons. The largest absolute Gasteiger partial charge is 0.360 e. The second kappa shape index (κ2) is 14.2. The first-order valence-electron chi connectivity index (χ1n) is 10.0. The summed E-state index contributed by atoms with van der Waals surface area (Å²) in [6.45, 7) is 4.05. The molecule has 0 bridgehead atoms. The predicted octanol–water partition coefficient (Wildman–Crippen LogP) is 6.62. The van der Waals surface area contributed by atoms with Gasteiger partial charge in [-0.2, -0.15) is 0 Å². The number of amides is 1. The first-order valence-corrected chi connectivity index (χ1v) is 10.5. The average Bonchev–Trinajstić information content (AvgIpc) is 3.00. The summed E-state index contributed by atoms with van der Waals surface area (Å²) >= 11 is 6.15. The van der Waals surface area contributed by atoms with Gasteiger partial charge in [-0.3, -0.25) is 4.79 Å². The molecule has 0 aliphatic carbocycles. The van der Waals surface area contributed by atoms with Crippen LogP contribution in [0.1, 0.15) is 96.2 Å². The summed E-state index contributed by atoms with van der Waals surface area (Å²) in [6.07, 6.45) is 16.4. The van der Waals surface area contributed by atoms with E-state index in [2.05, 4.69) is 17.4 Å². The van der Waals surface area contributed by atoms with E-state index in [0.717, 1.165) is 12.8 Å². The minimum Gasteiger partial charge on any atom is -0.360 e. The second-order valence-electron chi connectivity index (χ2n) is 6.96. The molecule has 0 radical (unpaired) electrons. The number of anilines is 1. The summed E-state index contributed by atoms with van der Waals surface area (Å²) in [5, 5.41) is 5.92. The third-order valence-corrected chi connectivity index (χ3v) is 4.89. The van der Waals surface area contributed by atoms with E-state index >= 15 is 0 Å². The lowest BCUT2D eigenvalue weighted by Gasteiger charge is -2.08. The first-order chi connectivity index (χ1) is 12.1. The van der Waals surface area contributed by atoms with Gasteiger partial charge in [-0.25, -0.2) is 0 Å². The molecular weight excluding hydrogens is 336 g/mol. The summed E-state index contributed by atoms with van der Waals surface area (Å²) in [5.41, 5.74) is 0. The summed E-state index contributed by atoms with van der Waals surface area (Å²) < 4.78 is 4.91. The van der Waals surface area contributed by atoms with Crippen LogP contribution in [0, 0.1) is 6.92 Å². The van der Waals surface area contributed by atoms with E-state index in [9.17, 15) is 4.79 Å². The topological polar surface area (TPSA) is 55.1 Å². The highest BCUT2D eigenvalue weighted by molar-refractivity contribution is 6.32. The number of carbonyl (C=O) groups is 1. The van der Waals surface area contributed by atoms with E-state index in [1.807, 2.05) is 0 Å². The highest BCUT2D eigenvalue weighted by Gasteiger charge is 2.16. The number of nitrogens with one attached hydrogen (secondary N) is 1. The summed E-state index contributed by atoms with van der Waals surface area (Å²) in [5.74, 6) is 0.906. The van der Waals surface area contributed by atoms with Crippen molar-refractivity contribution < 1.29 is 9.32 Å². The van der Waals surface area contributed by atoms with Gasteiger partial charge in [0.25, 0.3) is 0 Å². The van der Waals surface area contributed by atoms with E-state index in [-0.39, 0.29) is 5.91 Å². The van der Waals surface area contributed by atoms with E-state index in [4.69, 9.17) is 16.1 Å². The molecule has 0 aliphatic rings. The Morgan fingerprint density at radius 1 is 1.04 bits per heavy atom. The van der Waals surface area contributed by atoms with E-state index in [1.54, 1.807) is 13.0 Å². The van der Waals surface area contributed by atoms with Crippen LogP contribution in [0.3, 0.4) is 0 Å². The number of aromatic nitrogens is 1. The molecule has 1 unspecified atom stereocenters. The zero-order chi connectivity index (χ0) is 18.3. The van der Waals surface area contributed by atoms with Crippen molar-refractivity contribution in [1.82, 2.24) is 5.16 Å². The van der Waals surface area contributed by atoms with Gasteiger partial charge in [0, 0.05) is 6.07 Å². The van der Waals surface area contributed by atoms with Crippen LogP contribution in [-0.2, 0) is 4.79 Å². The van der Waals surface area contributed by atoms with Crippen molar-refractivity contribution in [1.29, 1.82) is 0 Å². The smallest absolute Gasteiger partial charge is 0.243 e. The molecule has 1 aromatic rings. The average molecular weight is 371 g/mol. The lowest BCUT2D eigenvalue weighted by atomic mass is 10.0. The molecule has 0 saturated heterocycles.